The van der Waals surface area contributed by atoms with Gasteiger partial charge in [-0.3, -0.25) is 15.0 Å². The molecular formula is C16H21FN2O5. The maximum absolute atomic E-state index is 14.4. The smallest absolute Gasteiger partial charge is 0.415 e. The number of anilines is 1. The number of hydrogen-bond acceptors (Lipinski definition) is 5. The van der Waals surface area contributed by atoms with Crippen molar-refractivity contribution in [3.05, 3.63) is 34.1 Å². The molecule has 8 heteroatoms. The number of amides is 1. The van der Waals surface area contributed by atoms with Crippen LogP contribution in [0.15, 0.2) is 18.2 Å². The topological polar surface area (TPSA) is 92.9 Å². The second-order valence-electron chi connectivity index (χ2n) is 6.92. The van der Waals surface area contributed by atoms with Crippen LogP contribution < -0.4 is 4.90 Å². The van der Waals surface area contributed by atoms with Crippen molar-refractivity contribution in [1.82, 2.24) is 0 Å². The number of non-ortho nitro benzene ring substituents is 1. The van der Waals surface area contributed by atoms with Crippen LogP contribution in [-0.2, 0) is 4.74 Å². The van der Waals surface area contributed by atoms with Crippen molar-refractivity contribution >= 4 is 17.5 Å². The van der Waals surface area contributed by atoms with Gasteiger partial charge in [-0.2, -0.15) is 0 Å². The Morgan fingerprint density at radius 3 is 2.54 bits per heavy atom. The quantitative estimate of drug-likeness (QED) is 0.671. The van der Waals surface area contributed by atoms with Gasteiger partial charge in [0, 0.05) is 18.7 Å². The van der Waals surface area contributed by atoms with E-state index in [2.05, 4.69) is 0 Å². The summed E-state index contributed by atoms with van der Waals surface area (Å²) in [6.07, 6.45) is 0.329. The molecule has 0 aromatic heterocycles. The highest BCUT2D eigenvalue weighted by Crippen LogP contribution is 2.37. The number of nitro benzene ring substituents is 1. The summed E-state index contributed by atoms with van der Waals surface area (Å²) in [5, 5.41) is 19.9. The maximum Gasteiger partial charge on any atom is 0.415 e. The monoisotopic (exact) mass is 340 g/mol. The van der Waals surface area contributed by atoms with E-state index in [0.717, 1.165) is 12.1 Å². The Morgan fingerprint density at radius 2 is 2.08 bits per heavy atom. The second kappa shape index (κ2) is 6.72. The summed E-state index contributed by atoms with van der Waals surface area (Å²) in [5.74, 6) is -0.802. The summed E-state index contributed by atoms with van der Waals surface area (Å²) < 4.78 is 19.7. The fourth-order valence-corrected chi connectivity index (χ4v) is 2.62. The molecule has 0 atom stereocenters. The Bertz CT molecular complexity index is 638. The van der Waals surface area contributed by atoms with Gasteiger partial charge in [-0.25, -0.2) is 9.18 Å². The SMILES string of the molecule is CC(C)(C)OC(=O)N(c1ccc([N+](=O)[O-])cc1F)C1CC(CO)C1. The van der Waals surface area contributed by atoms with E-state index in [-0.39, 0.29) is 29.9 Å². The van der Waals surface area contributed by atoms with E-state index in [1.54, 1.807) is 20.8 Å². The molecule has 1 N–H and O–H groups in total. The lowest BCUT2D eigenvalue weighted by Crippen LogP contribution is -2.50. The van der Waals surface area contributed by atoms with Crippen molar-refractivity contribution in [2.24, 2.45) is 5.92 Å². The van der Waals surface area contributed by atoms with Crippen molar-refractivity contribution in [3.8, 4) is 0 Å². The summed E-state index contributed by atoms with van der Waals surface area (Å²) in [7, 11) is 0. The van der Waals surface area contributed by atoms with Crippen LogP contribution in [0.3, 0.4) is 0 Å². The van der Waals surface area contributed by atoms with Crippen molar-refractivity contribution in [1.29, 1.82) is 0 Å². The zero-order valence-corrected chi connectivity index (χ0v) is 13.9. The minimum atomic E-state index is -0.859. The number of halogens is 1. The predicted octanol–water partition coefficient (Wildman–Crippen LogP) is 3.25. The van der Waals surface area contributed by atoms with Gasteiger partial charge in [-0.15, -0.1) is 0 Å². The molecule has 1 fully saturated rings. The zero-order valence-electron chi connectivity index (χ0n) is 13.9. The average Bonchev–Trinajstić information content (AvgIpc) is 2.40. The van der Waals surface area contributed by atoms with Gasteiger partial charge in [0.2, 0.25) is 0 Å². The molecule has 0 bridgehead atoms. The average molecular weight is 340 g/mol. The normalized spacial score (nSPS) is 20.2. The van der Waals surface area contributed by atoms with Gasteiger partial charge in [0.1, 0.15) is 5.60 Å². The molecule has 0 aliphatic heterocycles. The third kappa shape index (κ3) is 4.00. The fourth-order valence-electron chi connectivity index (χ4n) is 2.62. The van der Waals surface area contributed by atoms with E-state index in [1.165, 1.54) is 11.0 Å². The molecule has 1 aliphatic rings. The lowest BCUT2D eigenvalue weighted by Gasteiger charge is -2.42. The summed E-state index contributed by atoms with van der Waals surface area (Å²) in [6.45, 7) is 5.10. The van der Waals surface area contributed by atoms with Crippen molar-refractivity contribution in [2.75, 3.05) is 11.5 Å². The number of carbonyl (C=O) groups is 1. The molecule has 0 unspecified atom stereocenters. The summed E-state index contributed by atoms with van der Waals surface area (Å²) in [4.78, 5) is 23.7. The Morgan fingerprint density at radius 1 is 1.46 bits per heavy atom. The highest BCUT2D eigenvalue weighted by atomic mass is 19.1. The molecule has 7 nitrogen and oxygen atoms in total. The largest absolute Gasteiger partial charge is 0.443 e. The molecule has 1 amide bonds. The van der Waals surface area contributed by atoms with E-state index >= 15 is 0 Å². The van der Waals surface area contributed by atoms with Gasteiger partial charge in [-0.05, 0) is 45.6 Å². The van der Waals surface area contributed by atoms with Gasteiger partial charge >= 0.3 is 6.09 Å². The van der Waals surface area contributed by atoms with Gasteiger partial charge in [0.15, 0.2) is 5.82 Å². The molecule has 1 saturated carbocycles. The molecule has 0 saturated heterocycles. The minimum absolute atomic E-state index is 0.00139. The molecule has 1 aromatic rings. The molecule has 1 aromatic carbocycles. The first-order valence-electron chi connectivity index (χ1n) is 7.69. The predicted molar refractivity (Wildman–Crippen MR) is 85.4 cm³/mol. The fraction of sp³-hybridized carbons (Fsp3) is 0.562. The number of nitrogens with zero attached hydrogens (tertiary/aromatic N) is 2. The Labute approximate surface area is 139 Å². The number of benzene rings is 1. The molecule has 1 aliphatic carbocycles. The van der Waals surface area contributed by atoms with Crippen molar-refractivity contribution in [2.45, 2.75) is 45.3 Å². The van der Waals surface area contributed by atoms with Crippen LogP contribution in [0.5, 0.6) is 0 Å². The number of ether oxygens (including phenoxy) is 1. The Kier molecular flexibility index (Phi) is 5.08. The van der Waals surface area contributed by atoms with Crippen LogP contribution in [0.2, 0.25) is 0 Å². The minimum Gasteiger partial charge on any atom is -0.443 e. The number of aliphatic hydroxyl groups is 1. The number of carbonyl (C=O) groups excluding carboxylic acids is 1. The van der Waals surface area contributed by atoms with Gasteiger partial charge in [-0.1, -0.05) is 0 Å². The van der Waals surface area contributed by atoms with E-state index < -0.39 is 22.4 Å². The molecule has 2 rings (SSSR count). The highest BCUT2D eigenvalue weighted by molar-refractivity contribution is 5.89. The lowest BCUT2D eigenvalue weighted by molar-refractivity contribution is -0.385. The number of hydrogen-bond donors (Lipinski definition) is 1. The van der Waals surface area contributed by atoms with E-state index in [4.69, 9.17) is 9.84 Å². The van der Waals surface area contributed by atoms with Gasteiger partial charge < -0.3 is 9.84 Å². The number of rotatable bonds is 4. The van der Waals surface area contributed by atoms with Crippen molar-refractivity contribution < 1.29 is 24.0 Å². The lowest BCUT2D eigenvalue weighted by atomic mass is 9.80. The zero-order chi connectivity index (χ0) is 18.1. The van der Waals surface area contributed by atoms with Crippen molar-refractivity contribution in [3.63, 3.8) is 0 Å². The molecule has 0 radical (unpaired) electrons. The first-order valence-corrected chi connectivity index (χ1v) is 7.69. The van der Waals surface area contributed by atoms with Crippen LogP contribution in [0.25, 0.3) is 0 Å². The molecule has 0 spiro atoms. The van der Waals surface area contributed by atoms with Crippen LogP contribution in [0, 0.1) is 21.8 Å². The molecule has 0 heterocycles. The molecule has 24 heavy (non-hydrogen) atoms. The second-order valence-corrected chi connectivity index (χ2v) is 6.92. The third-order valence-corrected chi connectivity index (χ3v) is 3.83. The Hall–Kier alpha value is -2.22. The first-order chi connectivity index (χ1) is 11.1. The number of nitro groups is 1. The van der Waals surface area contributed by atoms with Gasteiger partial charge in [0.05, 0.1) is 16.7 Å². The Balaban J connectivity index is 2.32. The molecular weight excluding hydrogens is 319 g/mol. The maximum atomic E-state index is 14.4. The highest BCUT2D eigenvalue weighted by Gasteiger charge is 2.39. The summed E-state index contributed by atoms with van der Waals surface area (Å²) in [6, 6.07) is 2.84. The van der Waals surface area contributed by atoms with E-state index in [1.807, 2.05) is 0 Å². The molecule has 132 valence electrons. The summed E-state index contributed by atoms with van der Waals surface area (Å²) >= 11 is 0. The van der Waals surface area contributed by atoms with E-state index in [0.29, 0.717) is 12.8 Å². The van der Waals surface area contributed by atoms with Crippen LogP contribution >= 0.6 is 0 Å². The van der Waals surface area contributed by atoms with Crippen LogP contribution in [0.4, 0.5) is 20.6 Å². The van der Waals surface area contributed by atoms with Crippen LogP contribution in [0.1, 0.15) is 33.6 Å². The standard InChI is InChI=1S/C16H21FN2O5/c1-16(2,3)24-15(21)18(12-6-10(7-12)9-20)14-5-4-11(19(22)23)8-13(14)17/h4-5,8,10,12,20H,6-7,9H2,1-3H3. The first kappa shape index (κ1) is 18.1. The van der Waals surface area contributed by atoms with E-state index in [9.17, 15) is 19.3 Å². The van der Waals surface area contributed by atoms with Gasteiger partial charge in [0.25, 0.3) is 5.69 Å². The summed E-state index contributed by atoms with van der Waals surface area (Å²) in [5.41, 5.74) is -1.20. The third-order valence-electron chi connectivity index (χ3n) is 3.83. The number of aliphatic hydroxyl groups excluding tert-OH is 1. The van der Waals surface area contributed by atoms with Crippen LogP contribution in [-0.4, -0.2) is 34.4 Å².